The zero-order valence-electron chi connectivity index (χ0n) is 19.9. The SMILES string of the molecule is CCCCCCCCCCCCCCCCCCOc1cc(C(=O)Cl)cc(C)c1C. The summed E-state index contributed by atoms with van der Waals surface area (Å²) in [6, 6.07) is 3.59. The monoisotopic (exact) mass is 436 g/mol. The second-order valence-corrected chi connectivity index (χ2v) is 9.19. The van der Waals surface area contributed by atoms with Crippen molar-refractivity contribution >= 4 is 16.8 Å². The van der Waals surface area contributed by atoms with Gasteiger partial charge in [-0.1, -0.05) is 103 Å². The highest BCUT2D eigenvalue weighted by Gasteiger charge is 2.09. The highest BCUT2D eigenvalue weighted by molar-refractivity contribution is 6.67. The number of rotatable bonds is 19. The van der Waals surface area contributed by atoms with E-state index in [9.17, 15) is 4.79 Å². The summed E-state index contributed by atoms with van der Waals surface area (Å²) in [4.78, 5) is 11.4. The first kappa shape index (κ1) is 27.0. The summed E-state index contributed by atoms with van der Waals surface area (Å²) in [5.74, 6) is 0.792. The molecule has 0 aliphatic carbocycles. The lowest BCUT2D eigenvalue weighted by molar-refractivity contribution is 0.108. The minimum absolute atomic E-state index is 0.426. The van der Waals surface area contributed by atoms with E-state index in [1.165, 1.54) is 96.3 Å². The fraction of sp³-hybridized carbons (Fsp3) is 0.741. The first-order valence-corrected chi connectivity index (χ1v) is 12.9. The van der Waals surface area contributed by atoms with Crippen LogP contribution in [0.2, 0.25) is 0 Å². The van der Waals surface area contributed by atoms with Crippen LogP contribution in [0.25, 0.3) is 0 Å². The summed E-state index contributed by atoms with van der Waals surface area (Å²) in [5, 5.41) is -0.426. The Kier molecular flexibility index (Phi) is 15.9. The van der Waals surface area contributed by atoms with E-state index in [2.05, 4.69) is 6.92 Å². The topological polar surface area (TPSA) is 26.3 Å². The van der Waals surface area contributed by atoms with Crippen LogP contribution in [0, 0.1) is 13.8 Å². The van der Waals surface area contributed by atoms with Gasteiger partial charge in [-0.2, -0.15) is 0 Å². The summed E-state index contributed by atoms with van der Waals surface area (Å²) < 4.78 is 5.92. The zero-order valence-corrected chi connectivity index (χ0v) is 20.6. The Morgan fingerprint density at radius 2 is 1.17 bits per heavy atom. The molecule has 1 rings (SSSR count). The molecule has 0 saturated carbocycles. The zero-order chi connectivity index (χ0) is 22.0. The van der Waals surface area contributed by atoms with E-state index in [-0.39, 0.29) is 0 Å². The van der Waals surface area contributed by atoms with E-state index in [0.717, 1.165) is 23.3 Å². The molecule has 0 radical (unpaired) electrons. The molecule has 0 N–H and O–H groups in total. The second kappa shape index (κ2) is 17.6. The summed E-state index contributed by atoms with van der Waals surface area (Å²) in [5.41, 5.74) is 2.65. The third kappa shape index (κ3) is 12.6. The maximum absolute atomic E-state index is 11.4. The highest BCUT2D eigenvalue weighted by atomic mass is 35.5. The van der Waals surface area contributed by atoms with Gasteiger partial charge in [0.2, 0.25) is 0 Å². The summed E-state index contributed by atoms with van der Waals surface area (Å²) in [6.45, 7) is 7.00. The van der Waals surface area contributed by atoms with Gasteiger partial charge in [-0.15, -0.1) is 0 Å². The molecule has 1 aromatic carbocycles. The molecule has 0 heterocycles. The molecule has 3 heteroatoms. The lowest BCUT2D eigenvalue weighted by Gasteiger charge is -2.12. The fourth-order valence-electron chi connectivity index (χ4n) is 3.92. The number of hydrogen-bond acceptors (Lipinski definition) is 2. The largest absolute Gasteiger partial charge is 0.493 e. The normalized spacial score (nSPS) is 11.1. The highest BCUT2D eigenvalue weighted by Crippen LogP contribution is 2.25. The van der Waals surface area contributed by atoms with Crippen molar-refractivity contribution < 1.29 is 9.53 Å². The molecule has 0 unspecified atom stereocenters. The molecule has 0 bridgehead atoms. The summed E-state index contributed by atoms with van der Waals surface area (Å²) >= 11 is 5.61. The number of carbonyl (C=O) groups excluding carboxylic acids is 1. The Balaban J connectivity index is 1.93. The van der Waals surface area contributed by atoms with Gasteiger partial charge in [0.05, 0.1) is 6.61 Å². The predicted molar refractivity (Wildman–Crippen MR) is 131 cm³/mol. The van der Waals surface area contributed by atoms with Crippen molar-refractivity contribution in [1.82, 2.24) is 0 Å². The van der Waals surface area contributed by atoms with Gasteiger partial charge in [0.25, 0.3) is 5.24 Å². The van der Waals surface area contributed by atoms with Gasteiger partial charge < -0.3 is 4.74 Å². The Morgan fingerprint density at radius 1 is 0.733 bits per heavy atom. The molecular formula is C27H45ClO2. The number of unbranched alkanes of at least 4 members (excludes halogenated alkanes) is 15. The van der Waals surface area contributed by atoms with Gasteiger partial charge >= 0.3 is 0 Å². The van der Waals surface area contributed by atoms with Gasteiger partial charge in [0, 0.05) is 5.56 Å². The lowest BCUT2D eigenvalue weighted by Crippen LogP contribution is -2.02. The fourth-order valence-corrected chi connectivity index (χ4v) is 4.03. The van der Waals surface area contributed by atoms with Gasteiger partial charge in [0.15, 0.2) is 0 Å². The molecule has 1 aromatic rings. The van der Waals surface area contributed by atoms with E-state index in [0.29, 0.717) is 12.2 Å². The van der Waals surface area contributed by atoms with Crippen LogP contribution in [0.5, 0.6) is 5.75 Å². The average molecular weight is 437 g/mol. The Hall–Kier alpha value is -1.02. The van der Waals surface area contributed by atoms with Crippen LogP contribution in [0.15, 0.2) is 12.1 Å². The molecule has 0 aromatic heterocycles. The molecule has 0 amide bonds. The minimum atomic E-state index is -0.426. The van der Waals surface area contributed by atoms with E-state index in [4.69, 9.17) is 16.3 Å². The maximum Gasteiger partial charge on any atom is 0.252 e. The van der Waals surface area contributed by atoms with Gasteiger partial charge in [-0.25, -0.2) is 0 Å². The number of hydrogen-bond donors (Lipinski definition) is 0. The summed E-state index contributed by atoms with van der Waals surface area (Å²) in [7, 11) is 0. The third-order valence-corrected chi connectivity index (χ3v) is 6.32. The third-order valence-electron chi connectivity index (χ3n) is 6.10. The number of benzene rings is 1. The standard InChI is InChI=1S/C27H45ClO2/c1-4-5-6-7-8-9-10-11-12-13-14-15-16-17-18-19-20-30-26-22-25(27(28)29)21-23(2)24(26)3/h21-22H,4-20H2,1-3H3. The molecule has 0 aliphatic rings. The van der Waals surface area contributed by atoms with E-state index in [1.54, 1.807) is 6.07 Å². The Bertz CT molecular complexity index is 582. The second-order valence-electron chi connectivity index (χ2n) is 8.84. The minimum Gasteiger partial charge on any atom is -0.493 e. The lowest BCUT2D eigenvalue weighted by atomic mass is 10.0. The van der Waals surface area contributed by atoms with Crippen molar-refractivity contribution in [1.29, 1.82) is 0 Å². The number of ether oxygens (including phenoxy) is 1. The average Bonchev–Trinajstić information content (AvgIpc) is 2.72. The molecule has 0 saturated heterocycles. The quantitative estimate of drug-likeness (QED) is 0.159. The van der Waals surface area contributed by atoms with Crippen LogP contribution in [0.4, 0.5) is 0 Å². The van der Waals surface area contributed by atoms with Crippen LogP contribution in [-0.2, 0) is 0 Å². The van der Waals surface area contributed by atoms with Crippen molar-refractivity contribution in [3.8, 4) is 5.75 Å². The van der Waals surface area contributed by atoms with E-state index in [1.807, 2.05) is 19.9 Å². The molecular weight excluding hydrogens is 392 g/mol. The molecule has 0 spiro atoms. The first-order chi connectivity index (χ1) is 14.6. The molecule has 0 fully saturated rings. The Labute approximate surface area is 191 Å². The van der Waals surface area contributed by atoms with E-state index < -0.39 is 5.24 Å². The van der Waals surface area contributed by atoms with Gasteiger partial charge in [-0.3, -0.25) is 4.79 Å². The molecule has 2 nitrogen and oxygen atoms in total. The predicted octanol–water partition coefficient (Wildman–Crippen LogP) is 9.32. The molecule has 30 heavy (non-hydrogen) atoms. The van der Waals surface area contributed by atoms with Gasteiger partial charge in [0.1, 0.15) is 5.75 Å². The Morgan fingerprint density at radius 3 is 1.60 bits per heavy atom. The smallest absolute Gasteiger partial charge is 0.252 e. The van der Waals surface area contributed by atoms with Crippen LogP contribution in [0.3, 0.4) is 0 Å². The molecule has 0 aliphatic heterocycles. The van der Waals surface area contributed by atoms with Crippen molar-refractivity contribution in [2.45, 2.75) is 124 Å². The van der Waals surface area contributed by atoms with Crippen molar-refractivity contribution in [3.63, 3.8) is 0 Å². The summed E-state index contributed by atoms with van der Waals surface area (Å²) in [6.07, 6.45) is 21.9. The van der Waals surface area contributed by atoms with Crippen LogP contribution in [0.1, 0.15) is 131 Å². The number of halogens is 1. The number of aryl methyl sites for hydroxylation is 1. The van der Waals surface area contributed by atoms with Gasteiger partial charge in [-0.05, 0) is 55.1 Å². The van der Waals surface area contributed by atoms with Crippen LogP contribution < -0.4 is 4.74 Å². The van der Waals surface area contributed by atoms with Crippen LogP contribution >= 0.6 is 11.6 Å². The van der Waals surface area contributed by atoms with Crippen LogP contribution in [-0.4, -0.2) is 11.8 Å². The maximum atomic E-state index is 11.4. The number of carbonyl (C=O) groups is 1. The van der Waals surface area contributed by atoms with Crippen molar-refractivity contribution in [2.24, 2.45) is 0 Å². The molecule has 172 valence electrons. The van der Waals surface area contributed by atoms with E-state index >= 15 is 0 Å². The van der Waals surface area contributed by atoms with Crippen molar-refractivity contribution in [3.05, 3.63) is 28.8 Å². The first-order valence-electron chi connectivity index (χ1n) is 12.5. The molecule has 0 atom stereocenters. The van der Waals surface area contributed by atoms with Crippen molar-refractivity contribution in [2.75, 3.05) is 6.61 Å².